The summed E-state index contributed by atoms with van der Waals surface area (Å²) in [5.41, 5.74) is 8.96. The van der Waals surface area contributed by atoms with E-state index in [9.17, 15) is 14.4 Å². The number of ketones is 1. The summed E-state index contributed by atoms with van der Waals surface area (Å²) in [7, 11) is 0. The summed E-state index contributed by atoms with van der Waals surface area (Å²) < 4.78 is 5.40. The minimum absolute atomic E-state index is 0.0843. The van der Waals surface area contributed by atoms with Crippen LogP contribution < -0.4 is 16.0 Å². The first-order valence-corrected chi connectivity index (χ1v) is 14.7. The van der Waals surface area contributed by atoms with Gasteiger partial charge in [-0.2, -0.15) is 0 Å². The van der Waals surface area contributed by atoms with Crippen LogP contribution >= 0.6 is 11.8 Å². The Balaban J connectivity index is 1.35. The van der Waals surface area contributed by atoms with Gasteiger partial charge in [0.2, 0.25) is 0 Å². The fourth-order valence-corrected chi connectivity index (χ4v) is 5.83. The Morgan fingerprint density at radius 2 is 1.74 bits per heavy atom. The summed E-state index contributed by atoms with van der Waals surface area (Å²) in [5.74, 6) is 0.468. The lowest BCUT2D eigenvalue weighted by Gasteiger charge is -2.22. The van der Waals surface area contributed by atoms with Gasteiger partial charge in [-0.3, -0.25) is 9.59 Å². The van der Waals surface area contributed by atoms with E-state index in [2.05, 4.69) is 4.98 Å². The van der Waals surface area contributed by atoms with Crippen molar-refractivity contribution in [2.24, 2.45) is 11.7 Å². The van der Waals surface area contributed by atoms with Crippen molar-refractivity contribution in [1.82, 2.24) is 9.97 Å². The molecule has 2 aromatic carbocycles. The summed E-state index contributed by atoms with van der Waals surface area (Å²) >= 11 is 1.24. The molecule has 0 saturated heterocycles. The van der Waals surface area contributed by atoms with Crippen molar-refractivity contribution in [3.8, 4) is 5.75 Å². The second-order valence-electron chi connectivity index (χ2n) is 10.5. The molecule has 1 unspecified atom stereocenters. The van der Waals surface area contributed by atoms with Crippen LogP contribution in [-0.4, -0.2) is 33.5 Å². The van der Waals surface area contributed by atoms with Crippen molar-refractivity contribution in [2.45, 2.75) is 75.9 Å². The molecule has 0 bridgehead atoms. The van der Waals surface area contributed by atoms with Crippen molar-refractivity contribution >= 4 is 23.5 Å². The molecule has 1 atom stereocenters. The number of esters is 1. The van der Waals surface area contributed by atoms with Gasteiger partial charge in [0.15, 0.2) is 10.9 Å². The predicted octanol–water partition coefficient (Wildman–Crippen LogP) is 5.47. The fraction of sp³-hybridized carbons (Fsp3) is 0.419. The van der Waals surface area contributed by atoms with E-state index in [1.807, 2.05) is 44.2 Å². The lowest BCUT2D eigenvalue weighted by atomic mass is 9.84. The Kier molecular flexibility index (Phi) is 10.1. The third kappa shape index (κ3) is 8.13. The molecule has 1 heterocycles. The molecule has 8 heteroatoms. The normalized spacial score (nSPS) is 14.8. The van der Waals surface area contributed by atoms with Crippen LogP contribution in [0.2, 0.25) is 0 Å². The molecule has 7 nitrogen and oxygen atoms in total. The highest BCUT2D eigenvalue weighted by Gasteiger charge is 2.21. The molecule has 3 aromatic rings. The predicted molar refractivity (Wildman–Crippen MR) is 154 cm³/mol. The maximum Gasteiger partial charge on any atom is 0.328 e. The number of rotatable bonds is 11. The van der Waals surface area contributed by atoms with Crippen molar-refractivity contribution < 1.29 is 14.3 Å². The number of ether oxygens (including phenoxy) is 1. The van der Waals surface area contributed by atoms with Gasteiger partial charge in [-0.1, -0.05) is 88.0 Å². The minimum Gasteiger partial charge on any atom is -0.425 e. The average Bonchev–Trinajstić information content (AvgIpc) is 2.93. The molecular weight excluding hydrogens is 510 g/mol. The van der Waals surface area contributed by atoms with Crippen LogP contribution in [0, 0.1) is 5.92 Å². The van der Waals surface area contributed by atoms with Gasteiger partial charge < -0.3 is 15.5 Å². The van der Waals surface area contributed by atoms with Crippen LogP contribution in [0.3, 0.4) is 0 Å². The second-order valence-corrected chi connectivity index (χ2v) is 11.5. The number of nitrogens with zero attached hydrogens (tertiary/aromatic N) is 1. The number of thioether (sulfide) groups is 1. The number of hydrogen-bond acceptors (Lipinski definition) is 7. The van der Waals surface area contributed by atoms with E-state index in [0.717, 1.165) is 23.2 Å². The van der Waals surface area contributed by atoms with Crippen molar-refractivity contribution in [2.75, 3.05) is 5.75 Å². The Hall–Kier alpha value is -3.23. The highest BCUT2D eigenvalue weighted by molar-refractivity contribution is 7.99. The number of hydrogen-bond donors (Lipinski definition) is 2. The van der Waals surface area contributed by atoms with Gasteiger partial charge in [0.25, 0.3) is 5.56 Å². The molecule has 206 valence electrons. The highest BCUT2D eigenvalue weighted by atomic mass is 32.2. The smallest absolute Gasteiger partial charge is 0.328 e. The van der Waals surface area contributed by atoms with Crippen LogP contribution in [0.1, 0.15) is 79.0 Å². The van der Waals surface area contributed by atoms with Gasteiger partial charge in [-0.05, 0) is 54.5 Å². The van der Waals surface area contributed by atoms with E-state index in [-0.39, 0.29) is 23.0 Å². The summed E-state index contributed by atoms with van der Waals surface area (Å²) in [6, 6.07) is 15.2. The van der Waals surface area contributed by atoms with Gasteiger partial charge in [-0.15, -0.1) is 0 Å². The lowest BCUT2D eigenvalue weighted by Crippen LogP contribution is -2.36. The maximum atomic E-state index is 12.9. The van der Waals surface area contributed by atoms with E-state index in [1.165, 1.54) is 43.9 Å². The number of nitrogens with one attached hydrogen (secondary N) is 1. The molecule has 3 N–H and O–H groups in total. The zero-order valence-electron chi connectivity index (χ0n) is 22.7. The van der Waals surface area contributed by atoms with E-state index in [1.54, 1.807) is 24.3 Å². The van der Waals surface area contributed by atoms with E-state index in [0.29, 0.717) is 28.8 Å². The highest BCUT2D eigenvalue weighted by Crippen LogP contribution is 2.29. The molecule has 1 fully saturated rings. The third-order valence-corrected chi connectivity index (χ3v) is 8.01. The summed E-state index contributed by atoms with van der Waals surface area (Å²) in [4.78, 5) is 45.8. The Bertz CT molecular complexity index is 1320. The van der Waals surface area contributed by atoms with Crippen LogP contribution in [0.25, 0.3) is 0 Å². The van der Waals surface area contributed by atoms with E-state index >= 15 is 0 Å². The number of carbonyl (C=O) groups excluding carboxylic acids is 2. The average molecular weight is 548 g/mol. The maximum absolute atomic E-state index is 12.9. The van der Waals surface area contributed by atoms with Gasteiger partial charge >= 0.3 is 5.97 Å². The summed E-state index contributed by atoms with van der Waals surface area (Å²) in [6.07, 6.45) is 7.30. The van der Waals surface area contributed by atoms with Gasteiger partial charge in [-0.25, -0.2) is 9.78 Å². The number of H-pyrrole nitrogens is 1. The molecule has 1 saturated carbocycles. The first-order chi connectivity index (χ1) is 18.8. The Labute approximate surface area is 234 Å². The molecule has 0 spiro atoms. The largest absolute Gasteiger partial charge is 0.425 e. The standard InChI is InChI=1S/C31H37N3O4S/c1-20(2)28-26(18-22-11-7-4-8-12-22)33-31(34-29(28)36)39-19-27(35)23-13-15-24(16-14-23)38-30(37)25(32)17-21-9-5-3-6-10-21/h3,5-6,9-10,13-16,20,22,25H,4,7-8,11-12,17-19,32H2,1-2H3,(H,33,34,36). The topological polar surface area (TPSA) is 115 Å². The fourth-order valence-electron chi connectivity index (χ4n) is 5.06. The van der Waals surface area contributed by atoms with Crippen molar-refractivity contribution in [3.05, 3.63) is 87.3 Å². The molecule has 0 amide bonds. The Morgan fingerprint density at radius 3 is 2.41 bits per heavy atom. The molecular formula is C31H37N3O4S. The zero-order chi connectivity index (χ0) is 27.8. The van der Waals surface area contributed by atoms with Crippen LogP contribution in [0.5, 0.6) is 5.75 Å². The SMILES string of the molecule is CC(C)c1c(CC2CCCCC2)nc(SCC(=O)c2ccc(OC(=O)C(N)Cc3ccccc3)cc2)[nH]c1=O. The third-order valence-electron chi connectivity index (χ3n) is 7.13. The van der Waals surface area contributed by atoms with Crippen LogP contribution in [0.4, 0.5) is 0 Å². The number of carbonyl (C=O) groups is 2. The van der Waals surface area contributed by atoms with E-state index < -0.39 is 12.0 Å². The number of Topliss-reactive ketones (excluding diaryl/α,β-unsaturated/α-hetero) is 1. The molecule has 1 aliphatic carbocycles. The van der Waals surface area contributed by atoms with Gasteiger partial charge in [0.05, 0.1) is 11.4 Å². The van der Waals surface area contributed by atoms with Gasteiger partial charge in [0.1, 0.15) is 11.8 Å². The second kappa shape index (κ2) is 13.7. The number of aromatic nitrogens is 2. The van der Waals surface area contributed by atoms with E-state index in [4.69, 9.17) is 15.5 Å². The van der Waals surface area contributed by atoms with Crippen LogP contribution in [-0.2, 0) is 17.6 Å². The summed E-state index contributed by atoms with van der Waals surface area (Å²) in [6.45, 7) is 4.04. The quantitative estimate of drug-likeness (QED) is 0.108. The van der Waals surface area contributed by atoms with Gasteiger partial charge in [0, 0.05) is 11.1 Å². The monoisotopic (exact) mass is 547 g/mol. The number of aromatic amines is 1. The molecule has 0 radical (unpaired) electrons. The number of benzene rings is 2. The Morgan fingerprint density at radius 1 is 1.05 bits per heavy atom. The first kappa shape index (κ1) is 28.8. The molecule has 1 aromatic heterocycles. The molecule has 0 aliphatic heterocycles. The molecule has 4 rings (SSSR count). The van der Waals surface area contributed by atoms with Crippen molar-refractivity contribution in [3.63, 3.8) is 0 Å². The zero-order valence-corrected chi connectivity index (χ0v) is 23.5. The lowest BCUT2D eigenvalue weighted by molar-refractivity contribution is -0.135. The van der Waals surface area contributed by atoms with Crippen molar-refractivity contribution in [1.29, 1.82) is 0 Å². The first-order valence-electron chi connectivity index (χ1n) is 13.7. The summed E-state index contributed by atoms with van der Waals surface area (Å²) in [5, 5.41) is 0.474. The minimum atomic E-state index is -0.787. The molecule has 39 heavy (non-hydrogen) atoms. The molecule has 1 aliphatic rings. The number of nitrogens with two attached hydrogens (primary N) is 1. The van der Waals surface area contributed by atoms with Crippen LogP contribution in [0.15, 0.2) is 64.5 Å².